The minimum Gasteiger partial charge on any atom is -0.329 e. The van der Waals surface area contributed by atoms with Crippen molar-refractivity contribution < 1.29 is 4.79 Å². The quantitative estimate of drug-likeness (QED) is 0.792. The number of fused-ring (bicyclic) bond motifs is 3. The molecule has 0 bridgehead atoms. The minimum absolute atomic E-state index is 0.0857. The molecule has 1 atom stereocenters. The summed E-state index contributed by atoms with van der Waals surface area (Å²) in [5, 5.41) is 7.62. The SMILES string of the molecule is O=C1CCC=C2NC(Nc3nc4ccccc4s3)=NC3(CCCCC3)[C@@H]12. The molecule has 1 aromatic heterocycles. The van der Waals surface area contributed by atoms with Crippen LogP contribution in [0.3, 0.4) is 0 Å². The maximum atomic E-state index is 12.7. The molecule has 26 heavy (non-hydrogen) atoms. The van der Waals surface area contributed by atoms with E-state index in [1.54, 1.807) is 11.3 Å². The van der Waals surface area contributed by atoms with Crippen molar-refractivity contribution in [1.82, 2.24) is 10.3 Å². The number of ketones is 1. The van der Waals surface area contributed by atoms with Crippen LogP contribution < -0.4 is 10.6 Å². The van der Waals surface area contributed by atoms with Crippen LogP contribution in [0.5, 0.6) is 0 Å². The molecule has 6 heteroatoms. The number of anilines is 1. The van der Waals surface area contributed by atoms with Gasteiger partial charge in [-0.25, -0.2) is 9.98 Å². The molecule has 1 saturated carbocycles. The average Bonchev–Trinajstić information content (AvgIpc) is 3.04. The van der Waals surface area contributed by atoms with Crippen molar-refractivity contribution in [1.29, 1.82) is 0 Å². The van der Waals surface area contributed by atoms with Crippen molar-refractivity contribution in [3.05, 3.63) is 36.0 Å². The number of aliphatic imine (C=N–C) groups is 1. The van der Waals surface area contributed by atoms with Gasteiger partial charge < -0.3 is 10.6 Å². The first kappa shape index (κ1) is 16.0. The largest absolute Gasteiger partial charge is 0.329 e. The van der Waals surface area contributed by atoms with Crippen LogP contribution in [-0.2, 0) is 4.79 Å². The molecule has 0 unspecified atom stereocenters. The fourth-order valence-electron chi connectivity index (χ4n) is 4.62. The second-order valence-corrected chi connectivity index (χ2v) is 8.49. The predicted octanol–water partition coefficient (Wildman–Crippen LogP) is 4.23. The number of guanidine groups is 1. The number of para-hydroxylation sites is 1. The monoisotopic (exact) mass is 366 g/mol. The lowest BCUT2D eigenvalue weighted by atomic mass is 9.67. The number of nitrogens with one attached hydrogen (secondary N) is 2. The van der Waals surface area contributed by atoms with E-state index in [0.29, 0.717) is 12.2 Å². The van der Waals surface area contributed by atoms with Gasteiger partial charge in [0.2, 0.25) is 5.96 Å². The molecule has 0 radical (unpaired) electrons. The van der Waals surface area contributed by atoms with Crippen molar-refractivity contribution in [2.45, 2.75) is 50.5 Å². The number of rotatable bonds is 1. The number of carbonyl (C=O) groups excluding carboxylic acids is 1. The number of benzene rings is 1. The maximum absolute atomic E-state index is 12.7. The van der Waals surface area contributed by atoms with Gasteiger partial charge >= 0.3 is 0 Å². The van der Waals surface area contributed by atoms with Crippen LogP contribution in [0.1, 0.15) is 44.9 Å². The third-order valence-electron chi connectivity index (χ3n) is 5.76. The molecule has 2 heterocycles. The summed E-state index contributed by atoms with van der Waals surface area (Å²) >= 11 is 1.63. The van der Waals surface area contributed by atoms with Crippen LogP contribution in [-0.4, -0.2) is 22.3 Å². The Labute approximate surface area is 156 Å². The molecule has 1 spiro atoms. The number of thiazole rings is 1. The zero-order chi connectivity index (χ0) is 17.6. The average molecular weight is 366 g/mol. The summed E-state index contributed by atoms with van der Waals surface area (Å²) in [6.07, 6.45) is 9.18. The maximum Gasteiger partial charge on any atom is 0.202 e. The number of hydrogen-bond acceptors (Lipinski definition) is 6. The fourth-order valence-corrected chi connectivity index (χ4v) is 5.49. The van der Waals surface area contributed by atoms with Crippen LogP contribution in [0, 0.1) is 5.92 Å². The zero-order valence-corrected chi connectivity index (χ0v) is 15.4. The van der Waals surface area contributed by atoms with E-state index in [0.717, 1.165) is 59.1 Å². The van der Waals surface area contributed by atoms with Gasteiger partial charge in [-0.3, -0.25) is 4.79 Å². The zero-order valence-electron chi connectivity index (χ0n) is 14.6. The minimum atomic E-state index is -0.272. The third kappa shape index (κ3) is 2.63. The van der Waals surface area contributed by atoms with Gasteiger partial charge in [-0.15, -0.1) is 0 Å². The molecule has 134 valence electrons. The lowest BCUT2D eigenvalue weighted by molar-refractivity contribution is -0.124. The second kappa shape index (κ2) is 6.20. The molecule has 0 saturated heterocycles. The Hall–Kier alpha value is -2.21. The molecule has 0 amide bonds. The van der Waals surface area contributed by atoms with E-state index in [-0.39, 0.29) is 11.5 Å². The van der Waals surface area contributed by atoms with E-state index in [9.17, 15) is 4.79 Å². The van der Waals surface area contributed by atoms with E-state index < -0.39 is 0 Å². The van der Waals surface area contributed by atoms with Crippen LogP contribution >= 0.6 is 11.3 Å². The van der Waals surface area contributed by atoms with Crippen LogP contribution in [0.25, 0.3) is 10.2 Å². The molecule has 2 N–H and O–H groups in total. The number of carbonyl (C=O) groups is 1. The first-order chi connectivity index (χ1) is 12.7. The van der Waals surface area contributed by atoms with Crippen LogP contribution in [0.2, 0.25) is 0 Å². The highest BCUT2D eigenvalue weighted by atomic mass is 32.1. The molecule has 1 aromatic carbocycles. The van der Waals surface area contributed by atoms with Gasteiger partial charge in [-0.2, -0.15) is 0 Å². The first-order valence-electron chi connectivity index (χ1n) is 9.46. The predicted molar refractivity (Wildman–Crippen MR) is 105 cm³/mol. The standard InChI is InChI=1S/C20H22N4OS/c25-15-9-6-8-14-17(15)20(11-4-1-5-12-20)24-18(21-14)23-19-22-13-7-2-3-10-16(13)26-19/h2-3,7-8,10,17H,1,4-6,9,11-12H2,(H2,21,22,23,24)/t17-/m1/s1. The summed E-state index contributed by atoms with van der Waals surface area (Å²) in [5.74, 6) is 1.00. The van der Waals surface area contributed by atoms with Crippen molar-refractivity contribution in [3.8, 4) is 0 Å². The van der Waals surface area contributed by atoms with Crippen molar-refractivity contribution in [2.75, 3.05) is 5.32 Å². The lowest BCUT2D eigenvalue weighted by Gasteiger charge is -2.45. The molecule has 5 nitrogen and oxygen atoms in total. The van der Waals surface area contributed by atoms with Gasteiger partial charge in [0.15, 0.2) is 5.13 Å². The lowest BCUT2D eigenvalue weighted by Crippen LogP contribution is -2.54. The summed E-state index contributed by atoms with van der Waals surface area (Å²) < 4.78 is 1.16. The summed E-state index contributed by atoms with van der Waals surface area (Å²) in [7, 11) is 0. The van der Waals surface area contributed by atoms with Crippen LogP contribution in [0.4, 0.5) is 5.13 Å². The highest BCUT2D eigenvalue weighted by Gasteiger charge is 2.49. The number of hydrogen-bond donors (Lipinski definition) is 2. The summed E-state index contributed by atoms with van der Waals surface area (Å²) in [6, 6.07) is 8.13. The summed E-state index contributed by atoms with van der Waals surface area (Å²) in [6.45, 7) is 0. The molecule has 5 rings (SSSR count). The first-order valence-corrected chi connectivity index (χ1v) is 10.3. The van der Waals surface area contributed by atoms with E-state index in [1.165, 1.54) is 6.42 Å². The third-order valence-corrected chi connectivity index (χ3v) is 6.71. The van der Waals surface area contributed by atoms with Gasteiger partial charge in [-0.1, -0.05) is 48.8 Å². The van der Waals surface area contributed by atoms with E-state index in [2.05, 4.69) is 27.8 Å². The van der Waals surface area contributed by atoms with Gasteiger partial charge in [0.05, 0.1) is 21.7 Å². The number of allylic oxidation sites excluding steroid dienone is 1. The Balaban J connectivity index is 1.51. The molecule has 2 aliphatic carbocycles. The van der Waals surface area contributed by atoms with E-state index in [4.69, 9.17) is 4.99 Å². The van der Waals surface area contributed by atoms with Crippen LogP contribution in [0.15, 0.2) is 41.0 Å². The van der Waals surface area contributed by atoms with Gasteiger partial charge in [0.25, 0.3) is 0 Å². The molecular weight excluding hydrogens is 344 g/mol. The number of aromatic nitrogens is 1. The number of nitrogens with zero attached hydrogens (tertiary/aromatic N) is 2. The normalized spacial score (nSPS) is 24.6. The molecule has 3 aliphatic rings. The molecule has 1 aliphatic heterocycles. The summed E-state index contributed by atoms with van der Waals surface area (Å²) in [5.41, 5.74) is 1.77. The van der Waals surface area contributed by atoms with Crippen molar-refractivity contribution in [3.63, 3.8) is 0 Å². The van der Waals surface area contributed by atoms with Gasteiger partial charge in [-0.05, 0) is 31.4 Å². The molecule has 2 aromatic rings. The van der Waals surface area contributed by atoms with Gasteiger partial charge in [0, 0.05) is 12.1 Å². The topological polar surface area (TPSA) is 66.4 Å². The Morgan fingerprint density at radius 3 is 2.88 bits per heavy atom. The highest BCUT2D eigenvalue weighted by Crippen LogP contribution is 2.45. The van der Waals surface area contributed by atoms with E-state index >= 15 is 0 Å². The Morgan fingerprint density at radius 2 is 2.04 bits per heavy atom. The molecular formula is C20H22N4OS. The van der Waals surface area contributed by atoms with Crippen molar-refractivity contribution in [2.24, 2.45) is 10.9 Å². The molecule has 1 fully saturated rings. The fraction of sp³-hybridized carbons (Fsp3) is 0.450. The second-order valence-electron chi connectivity index (χ2n) is 7.46. The smallest absolute Gasteiger partial charge is 0.202 e. The number of Topliss-reactive ketones (excluding diaryl/α,β-unsaturated/α-hetero) is 1. The summed E-state index contributed by atoms with van der Waals surface area (Å²) in [4.78, 5) is 22.4. The Morgan fingerprint density at radius 1 is 1.19 bits per heavy atom. The van der Waals surface area contributed by atoms with Gasteiger partial charge in [0.1, 0.15) is 5.78 Å². The van der Waals surface area contributed by atoms with Crippen molar-refractivity contribution >= 4 is 38.4 Å². The Bertz CT molecular complexity index is 890. The highest BCUT2D eigenvalue weighted by molar-refractivity contribution is 7.22. The van der Waals surface area contributed by atoms with E-state index in [1.807, 2.05) is 18.2 Å². The Kier molecular flexibility index (Phi) is 3.81.